The molecule has 2 N–H and O–H groups in total. The van der Waals surface area contributed by atoms with E-state index in [0.29, 0.717) is 58.6 Å². The van der Waals surface area contributed by atoms with Crippen molar-refractivity contribution in [3.63, 3.8) is 0 Å². The van der Waals surface area contributed by atoms with Crippen LogP contribution in [0.2, 0.25) is 0 Å². The van der Waals surface area contributed by atoms with Crippen LogP contribution in [-0.4, -0.2) is 62.0 Å². The standard InChI is InChI=1S/C26H32N4O4/c31-24-19-30(16-13-27-24)22-8-6-20(7-9-22)18-28-26(33)21-10-14-29(15-11-21)25(32)12-17-34-23-4-2-1-3-5-23/h1-9,21H,10-19H2,(H,27,31)(H,28,33). The van der Waals surface area contributed by atoms with Crippen molar-refractivity contribution in [1.29, 1.82) is 0 Å². The van der Waals surface area contributed by atoms with Crippen molar-refractivity contribution >= 4 is 23.4 Å². The van der Waals surface area contributed by atoms with E-state index in [0.717, 1.165) is 23.5 Å². The van der Waals surface area contributed by atoms with E-state index in [1.54, 1.807) is 0 Å². The van der Waals surface area contributed by atoms with Gasteiger partial charge in [0.1, 0.15) is 5.75 Å². The third kappa shape index (κ3) is 6.50. The Labute approximate surface area is 200 Å². The topological polar surface area (TPSA) is 91.0 Å². The summed E-state index contributed by atoms with van der Waals surface area (Å²) < 4.78 is 5.62. The second-order valence-electron chi connectivity index (χ2n) is 8.72. The third-order valence-electron chi connectivity index (χ3n) is 6.35. The van der Waals surface area contributed by atoms with Gasteiger partial charge in [-0.25, -0.2) is 0 Å². The molecule has 0 aliphatic carbocycles. The van der Waals surface area contributed by atoms with Gasteiger partial charge in [0.2, 0.25) is 17.7 Å². The van der Waals surface area contributed by atoms with Crippen molar-refractivity contribution in [3.8, 4) is 5.75 Å². The summed E-state index contributed by atoms with van der Waals surface area (Å²) in [5.74, 6) is 0.836. The lowest BCUT2D eigenvalue weighted by atomic mass is 9.95. The molecule has 0 radical (unpaired) electrons. The number of carbonyl (C=O) groups excluding carboxylic acids is 3. The van der Waals surface area contributed by atoms with E-state index in [9.17, 15) is 14.4 Å². The lowest BCUT2D eigenvalue weighted by Gasteiger charge is -2.31. The smallest absolute Gasteiger partial charge is 0.239 e. The summed E-state index contributed by atoms with van der Waals surface area (Å²) in [6.07, 6.45) is 1.68. The number of para-hydroxylation sites is 1. The molecule has 2 aliphatic heterocycles. The molecule has 8 nitrogen and oxygen atoms in total. The van der Waals surface area contributed by atoms with Crippen LogP contribution in [-0.2, 0) is 20.9 Å². The van der Waals surface area contributed by atoms with E-state index in [1.807, 2.05) is 64.4 Å². The first-order valence-electron chi connectivity index (χ1n) is 11.9. The summed E-state index contributed by atoms with van der Waals surface area (Å²) in [5, 5.41) is 5.86. The molecule has 2 fully saturated rings. The number of hydrogen-bond acceptors (Lipinski definition) is 5. The van der Waals surface area contributed by atoms with Crippen LogP contribution in [0.1, 0.15) is 24.8 Å². The minimum atomic E-state index is -0.0734. The van der Waals surface area contributed by atoms with Crippen molar-refractivity contribution in [1.82, 2.24) is 15.5 Å². The van der Waals surface area contributed by atoms with E-state index < -0.39 is 0 Å². The largest absolute Gasteiger partial charge is 0.493 e. The average Bonchev–Trinajstić information content (AvgIpc) is 2.88. The molecule has 0 atom stereocenters. The van der Waals surface area contributed by atoms with Crippen LogP contribution in [0.3, 0.4) is 0 Å². The van der Waals surface area contributed by atoms with Gasteiger partial charge in [0.25, 0.3) is 0 Å². The summed E-state index contributed by atoms with van der Waals surface area (Å²) in [7, 11) is 0. The number of hydrogen-bond donors (Lipinski definition) is 2. The predicted molar refractivity (Wildman–Crippen MR) is 129 cm³/mol. The zero-order valence-corrected chi connectivity index (χ0v) is 19.4. The fourth-order valence-corrected chi connectivity index (χ4v) is 4.34. The molecule has 4 rings (SSSR count). The Morgan fingerprint density at radius 1 is 1.00 bits per heavy atom. The Hall–Kier alpha value is -3.55. The summed E-state index contributed by atoms with van der Waals surface area (Å²) >= 11 is 0. The number of piperidine rings is 1. The van der Waals surface area contributed by atoms with E-state index in [-0.39, 0.29) is 23.6 Å². The average molecular weight is 465 g/mol. The molecule has 180 valence electrons. The number of carbonyl (C=O) groups is 3. The SMILES string of the molecule is O=C1CN(c2ccc(CNC(=O)C3CCN(C(=O)CCOc4ccccc4)CC3)cc2)CCN1. The highest BCUT2D eigenvalue weighted by molar-refractivity contribution is 5.82. The molecule has 2 aromatic rings. The number of benzene rings is 2. The molecule has 8 heteroatoms. The summed E-state index contributed by atoms with van der Waals surface area (Å²) in [4.78, 5) is 40.5. The number of ether oxygens (including phenoxy) is 1. The molecule has 0 saturated carbocycles. The van der Waals surface area contributed by atoms with Crippen LogP contribution in [0.5, 0.6) is 5.75 Å². The van der Waals surface area contributed by atoms with Gasteiger partial charge in [-0.3, -0.25) is 14.4 Å². The molecular weight excluding hydrogens is 432 g/mol. The lowest BCUT2D eigenvalue weighted by molar-refractivity contribution is -0.136. The maximum atomic E-state index is 12.6. The number of rotatable bonds is 8. The fraction of sp³-hybridized carbons (Fsp3) is 0.423. The second-order valence-corrected chi connectivity index (χ2v) is 8.72. The normalized spacial score (nSPS) is 16.6. The lowest BCUT2D eigenvalue weighted by Crippen LogP contribution is -2.47. The Balaban J connectivity index is 1.15. The molecule has 2 saturated heterocycles. The molecule has 0 spiro atoms. The van der Waals surface area contributed by atoms with Crippen molar-refractivity contribution < 1.29 is 19.1 Å². The van der Waals surface area contributed by atoms with Crippen LogP contribution in [0, 0.1) is 5.92 Å². The van der Waals surface area contributed by atoms with Gasteiger partial charge in [-0.1, -0.05) is 30.3 Å². The number of anilines is 1. The Bertz CT molecular complexity index is 972. The highest BCUT2D eigenvalue weighted by Gasteiger charge is 2.27. The van der Waals surface area contributed by atoms with Gasteiger partial charge in [0.05, 0.1) is 19.6 Å². The first kappa shape index (κ1) is 23.6. The number of amides is 3. The van der Waals surface area contributed by atoms with Crippen LogP contribution in [0.15, 0.2) is 54.6 Å². The van der Waals surface area contributed by atoms with Crippen LogP contribution < -0.4 is 20.3 Å². The Morgan fingerprint density at radius 2 is 1.74 bits per heavy atom. The molecule has 0 aromatic heterocycles. The predicted octanol–water partition coefficient (Wildman–Crippen LogP) is 1.95. The number of piperazine rings is 1. The third-order valence-corrected chi connectivity index (χ3v) is 6.35. The fourth-order valence-electron chi connectivity index (χ4n) is 4.34. The number of likely N-dealkylation sites (tertiary alicyclic amines) is 1. The van der Waals surface area contributed by atoms with Gasteiger partial charge in [-0.05, 0) is 42.7 Å². The Kier molecular flexibility index (Phi) is 8.01. The molecule has 34 heavy (non-hydrogen) atoms. The monoisotopic (exact) mass is 464 g/mol. The summed E-state index contributed by atoms with van der Waals surface area (Å²) in [5.41, 5.74) is 2.03. The quantitative estimate of drug-likeness (QED) is 0.623. The van der Waals surface area contributed by atoms with Crippen molar-refractivity contribution in [3.05, 3.63) is 60.2 Å². The molecule has 2 aliphatic rings. The molecule has 2 heterocycles. The van der Waals surface area contributed by atoms with Crippen molar-refractivity contribution in [2.75, 3.05) is 44.2 Å². The van der Waals surface area contributed by atoms with Crippen LogP contribution in [0.25, 0.3) is 0 Å². The maximum absolute atomic E-state index is 12.6. The highest BCUT2D eigenvalue weighted by Crippen LogP contribution is 2.19. The van der Waals surface area contributed by atoms with Gasteiger partial charge < -0.3 is 25.2 Å². The zero-order chi connectivity index (χ0) is 23.8. The number of nitrogens with zero attached hydrogens (tertiary/aromatic N) is 2. The first-order chi connectivity index (χ1) is 16.6. The molecule has 2 aromatic carbocycles. The van der Waals surface area contributed by atoms with Gasteiger partial charge >= 0.3 is 0 Å². The van der Waals surface area contributed by atoms with Crippen LogP contribution >= 0.6 is 0 Å². The van der Waals surface area contributed by atoms with E-state index in [1.165, 1.54) is 0 Å². The zero-order valence-electron chi connectivity index (χ0n) is 19.4. The van der Waals surface area contributed by atoms with Crippen molar-refractivity contribution in [2.24, 2.45) is 5.92 Å². The summed E-state index contributed by atoms with van der Waals surface area (Å²) in [6, 6.07) is 17.4. The Morgan fingerprint density at radius 3 is 2.44 bits per heavy atom. The van der Waals surface area contributed by atoms with Gasteiger partial charge in [-0.15, -0.1) is 0 Å². The van der Waals surface area contributed by atoms with Crippen LogP contribution in [0.4, 0.5) is 5.69 Å². The van der Waals surface area contributed by atoms with Crippen molar-refractivity contribution in [2.45, 2.75) is 25.8 Å². The minimum Gasteiger partial charge on any atom is -0.493 e. The summed E-state index contributed by atoms with van der Waals surface area (Å²) in [6.45, 7) is 3.84. The van der Waals surface area contributed by atoms with E-state index in [4.69, 9.17) is 4.74 Å². The first-order valence-corrected chi connectivity index (χ1v) is 11.9. The molecule has 0 bridgehead atoms. The maximum Gasteiger partial charge on any atom is 0.239 e. The van der Waals surface area contributed by atoms with Gasteiger partial charge in [0, 0.05) is 44.3 Å². The molecular formula is C26H32N4O4. The minimum absolute atomic E-state index is 0.0378. The highest BCUT2D eigenvalue weighted by atomic mass is 16.5. The van der Waals surface area contributed by atoms with E-state index >= 15 is 0 Å². The van der Waals surface area contributed by atoms with E-state index in [2.05, 4.69) is 10.6 Å². The van der Waals surface area contributed by atoms with Gasteiger partial charge in [-0.2, -0.15) is 0 Å². The molecule has 3 amide bonds. The second kappa shape index (κ2) is 11.5. The number of nitrogens with one attached hydrogen (secondary N) is 2. The molecule has 0 unspecified atom stereocenters. The van der Waals surface area contributed by atoms with Gasteiger partial charge in [0.15, 0.2) is 0 Å².